The van der Waals surface area contributed by atoms with Crippen molar-refractivity contribution in [2.24, 2.45) is 0 Å². The Morgan fingerprint density at radius 2 is 2.00 bits per heavy atom. The van der Waals surface area contributed by atoms with Crippen molar-refractivity contribution in [2.75, 3.05) is 22.9 Å². The topological polar surface area (TPSA) is 49.2 Å². The van der Waals surface area contributed by atoms with Crippen molar-refractivity contribution in [1.82, 2.24) is 5.32 Å². The number of carbonyl (C=O) groups is 1. The van der Waals surface area contributed by atoms with Crippen molar-refractivity contribution in [3.63, 3.8) is 0 Å². The lowest BCUT2D eigenvalue weighted by Gasteiger charge is -2.29. The summed E-state index contributed by atoms with van der Waals surface area (Å²) in [5.41, 5.74) is 1.34. The number of nitrogens with one attached hydrogen (secondary N) is 1. The monoisotopic (exact) mass is 438 g/mol. The minimum Gasteiger partial charge on any atom is -0.486 e. The third kappa shape index (κ3) is 3.64. The number of aryl methyl sites for hydroxylation is 1. The van der Waals surface area contributed by atoms with Gasteiger partial charge in [0.25, 0.3) is 5.91 Å². The lowest BCUT2D eigenvalue weighted by Crippen LogP contribution is -2.44. The van der Waals surface area contributed by atoms with E-state index >= 15 is 0 Å². The van der Waals surface area contributed by atoms with Crippen LogP contribution >= 0.6 is 12.2 Å². The van der Waals surface area contributed by atoms with Crippen LogP contribution in [0.15, 0.2) is 36.4 Å². The van der Waals surface area contributed by atoms with Crippen molar-refractivity contribution >= 4 is 40.3 Å². The number of amides is 1. The third-order valence-corrected chi connectivity index (χ3v) is 6.07. The fraction of sp³-hybridized carbons (Fsp3) is 0.348. The van der Waals surface area contributed by atoms with Gasteiger partial charge in [0.1, 0.15) is 11.6 Å². The van der Waals surface area contributed by atoms with Crippen LogP contribution in [0.1, 0.15) is 25.8 Å². The van der Waals surface area contributed by atoms with Gasteiger partial charge in [0.2, 0.25) is 0 Å². The Morgan fingerprint density at radius 1 is 1.26 bits per heavy atom. The van der Waals surface area contributed by atoms with E-state index in [0.717, 1.165) is 18.5 Å². The molecule has 2 aromatic carbocycles. The van der Waals surface area contributed by atoms with Gasteiger partial charge in [0, 0.05) is 24.0 Å². The predicted octanol–water partition coefficient (Wildman–Crippen LogP) is 4.34. The second kappa shape index (κ2) is 7.91. The highest BCUT2D eigenvalue weighted by Gasteiger charge is 2.50. The Kier molecular flexibility index (Phi) is 5.42. The summed E-state index contributed by atoms with van der Waals surface area (Å²) in [6.45, 7) is 14.1. The number of hydrogen-bond acceptors (Lipinski definition) is 4. The van der Waals surface area contributed by atoms with E-state index in [4.69, 9.17) is 23.5 Å². The van der Waals surface area contributed by atoms with Crippen molar-refractivity contribution < 1.29 is 13.9 Å². The molecule has 0 radical (unpaired) electrons. The summed E-state index contributed by atoms with van der Waals surface area (Å²) >= 11 is 5.66. The molecule has 0 aliphatic carbocycles. The van der Waals surface area contributed by atoms with Crippen molar-refractivity contribution in [2.45, 2.75) is 38.8 Å². The van der Waals surface area contributed by atoms with Gasteiger partial charge >= 0.3 is 0 Å². The Bertz CT molecular complexity index is 1110. The average Bonchev–Trinajstić information content (AvgIpc) is 3.29. The number of hydrogen-bond donors (Lipinski definition) is 1. The molecule has 0 unspecified atom stereocenters. The van der Waals surface area contributed by atoms with Gasteiger partial charge < -0.3 is 15.0 Å². The van der Waals surface area contributed by atoms with Crippen LogP contribution in [0.25, 0.3) is 4.85 Å². The lowest BCUT2D eigenvalue weighted by atomic mass is 10.0. The molecule has 0 spiro atoms. The number of nitrogens with zero attached hydrogens (tertiary/aromatic N) is 3. The standard InChI is InChI=1S/C23H23FN4O2S/c1-14-11-15(5-7-19(14)25-4)27-21(29)23(2,3)28(22(27)31)16-6-8-20(18(24)12-16)30-17-9-10-26-13-17/h5-8,11-12,17,26H,9-10,13H2,1-3H3/t17-/m0/s1. The number of rotatable bonds is 4. The van der Waals surface area contributed by atoms with Gasteiger partial charge in [-0.15, -0.1) is 0 Å². The number of halogens is 1. The molecule has 1 N–H and O–H groups in total. The molecule has 4 rings (SSSR count). The minimum atomic E-state index is -1.01. The molecule has 2 heterocycles. The highest BCUT2D eigenvalue weighted by Crippen LogP contribution is 2.38. The predicted molar refractivity (Wildman–Crippen MR) is 122 cm³/mol. The van der Waals surface area contributed by atoms with Gasteiger partial charge in [0.05, 0.1) is 6.57 Å². The fourth-order valence-electron chi connectivity index (χ4n) is 3.99. The van der Waals surface area contributed by atoms with Gasteiger partial charge in [-0.05, 0) is 75.8 Å². The van der Waals surface area contributed by atoms with E-state index in [0.29, 0.717) is 23.6 Å². The molecule has 6 nitrogen and oxygen atoms in total. The molecule has 2 aromatic rings. The Morgan fingerprint density at radius 3 is 2.61 bits per heavy atom. The molecule has 0 saturated carbocycles. The highest BCUT2D eigenvalue weighted by molar-refractivity contribution is 7.81. The zero-order chi connectivity index (χ0) is 22.3. The first-order chi connectivity index (χ1) is 14.7. The largest absolute Gasteiger partial charge is 0.486 e. The minimum absolute atomic E-state index is 0.0524. The summed E-state index contributed by atoms with van der Waals surface area (Å²) in [7, 11) is 0. The van der Waals surface area contributed by atoms with Crippen LogP contribution in [0, 0.1) is 19.3 Å². The van der Waals surface area contributed by atoms with Gasteiger partial charge in [-0.3, -0.25) is 9.69 Å². The molecule has 2 aliphatic rings. The van der Waals surface area contributed by atoms with Crippen LogP contribution in [0.3, 0.4) is 0 Å². The quantitative estimate of drug-likeness (QED) is 0.568. The molecule has 1 amide bonds. The summed E-state index contributed by atoms with van der Waals surface area (Å²) in [5, 5.41) is 3.45. The number of benzene rings is 2. The molecule has 31 heavy (non-hydrogen) atoms. The van der Waals surface area contributed by atoms with Gasteiger partial charge in [0.15, 0.2) is 22.4 Å². The van der Waals surface area contributed by atoms with Crippen molar-refractivity contribution in [1.29, 1.82) is 0 Å². The lowest BCUT2D eigenvalue weighted by molar-refractivity contribution is -0.120. The number of ether oxygens (including phenoxy) is 1. The first-order valence-electron chi connectivity index (χ1n) is 10.1. The average molecular weight is 439 g/mol. The SMILES string of the molecule is [C-]#[N+]c1ccc(N2C(=O)C(C)(C)N(c3ccc(O[C@H]4CCNC4)c(F)c3)C2=S)cc1C. The zero-order valence-corrected chi connectivity index (χ0v) is 18.4. The molecule has 2 fully saturated rings. The van der Waals surface area contributed by atoms with Crippen molar-refractivity contribution in [3.8, 4) is 5.75 Å². The Labute approximate surface area is 186 Å². The second-order valence-corrected chi connectivity index (χ2v) is 8.61. The summed E-state index contributed by atoms with van der Waals surface area (Å²) in [6, 6.07) is 9.81. The molecule has 0 aromatic heterocycles. The van der Waals surface area contributed by atoms with Gasteiger partial charge in [-0.25, -0.2) is 9.24 Å². The van der Waals surface area contributed by atoms with Crippen LogP contribution in [0.4, 0.5) is 21.5 Å². The van der Waals surface area contributed by atoms with E-state index in [1.54, 1.807) is 49.1 Å². The van der Waals surface area contributed by atoms with Crippen molar-refractivity contribution in [3.05, 3.63) is 59.2 Å². The Balaban J connectivity index is 1.66. The number of carbonyl (C=O) groups excluding carboxylic acids is 1. The Hall–Kier alpha value is -3.02. The normalized spacial score (nSPS) is 20.3. The van der Waals surface area contributed by atoms with E-state index in [1.807, 2.05) is 6.92 Å². The summed E-state index contributed by atoms with van der Waals surface area (Å²) in [5.74, 6) is -0.523. The molecule has 0 bridgehead atoms. The maximum Gasteiger partial charge on any atom is 0.259 e. The summed E-state index contributed by atoms with van der Waals surface area (Å²) in [4.78, 5) is 19.9. The molecule has 1 atom stereocenters. The van der Waals surface area contributed by atoms with E-state index in [9.17, 15) is 9.18 Å². The number of thiocarbonyl (C=S) groups is 1. The maximum absolute atomic E-state index is 14.8. The van der Waals surface area contributed by atoms with Crippen LogP contribution in [-0.2, 0) is 4.79 Å². The van der Waals surface area contributed by atoms with Crippen LogP contribution in [0.2, 0.25) is 0 Å². The maximum atomic E-state index is 14.8. The number of anilines is 2. The van der Waals surface area contributed by atoms with Crippen LogP contribution < -0.4 is 19.9 Å². The molecular formula is C23H23FN4O2S. The highest BCUT2D eigenvalue weighted by atomic mass is 32.1. The molecule has 8 heteroatoms. The van der Waals surface area contributed by atoms with E-state index in [-0.39, 0.29) is 22.9 Å². The van der Waals surface area contributed by atoms with E-state index < -0.39 is 11.4 Å². The van der Waals surface area contributed by atoms with Crippen LogP contribution in [0.5, 0.6) is 5.75 Å². The summed E-state index contributed by atoms with van der Waals surface area (Å²) in [6.07, 6.45) is 0.781. The zero-order valence-electron chi connectivity index (χ0n) is 17.6. The van der Waals surface area contributed by atoms with E-state index in [1.165, 1.54) is 11.0 Å². The molecule has 2 aliphatic heterocycles. The molecule has 160 valence electrons. The van der Waals surface area contributed by atoms with Crippen LogP contribution in [-0.4, -0.2) is 35.8 Å². The van der Waals surface area contributed by atoms with Gasteiger partial charge in [-0.1, -0.05) is 6.07 Å². The molecular weight excluding hydrogens is 415 g/mol. The third-order valence-electron chi connectivity index (χ3n) is 5.71. The second-order valence-electron chi connectivity index (χ2n) is 8.25. The fourth-order valence-corrected chi connectivity index (χ4v) is 4.51. The summed E-state index contributed by atoms with van der Waals surface area (Å²) < 4.78 is 20.6. The smallest absolute Gasteiger partial charge is 0.259 e. The first-order valence-corrected chi connectivity index (χ1v) is 10.5. The van der Waals surface area contributed by atoms with Gasteiger partial charge in [-0.2, -0.15) is 0 Å². The first kappa shape index (κ1) is 21.2. The van der Waals surface area contributed by atoms with E-state index in [2.05, 4.69) is 10.2 Å². The molecule has 2 saturated heterocycles.